The van der Waals surface area contributed by atoms with E-state index in [1.807, 2.05) is 6.07 Å². The third kappa shape index (κ3) is 2.32. The summed E-state index contributed by atoms with van der Waals surface area (Å²) in [7, 11) is 0. The van der Waals surface area contributed by atoms with Crippen molar-refractivity contribution in [2.45, 2.75) is 19.3 Å². The first-order valence-corrected chi connectivity index (χ1v) is 5.72. The lowest BCUT2D eigenvalue weighted by Gasteiger charge is -2.30. The van der Waals surface area contributed by atoms with Crippen molar-refractivity contribution in [2.24, 2.45) is 5.92 Å². The molecule has 1 aliphatic heterocycles. The first-order valence-electron chi connectivity index (χ1n) is 5.34. The van der Waals surface area contributed by atoms with E-state index in [9.17, 15) is 4.39 Å². The van der Waals surface area contributed by atoms with Crippen molar-refractivity contribution in [1.29, 1.82) is 0 Å². The maximum Gasteiger partial charge on any atom is 0.128 e. The summed E-state index contributed by atoms with van der Waals surface area (Å²) >= 11 is 5.74. The van der Waals surface area contributed by atoms with Crippen molar-refractivity contribution in [3.8, 4) is 0 Å². The smallest absolute Gasteiger partial charge is 0.128 e. The van der Waals surface area contributed by atoms with E-state index in [4.69, 9.17) is 11.6 Å². The van der Waals surface area contributed by atoms with E-state index in [1.54, 1.807) is 6.07 Å². The maximum absolute atomic E-state index is 13.7. The summed E-state index contributed by atoms with van der Waals surface area (Å²) < 4.78 is 13.7. The van der Waals surface area contributed by atoms with Gasteiger partial charge >= 0.3 is 0 Å². The highest BCUT2D eigenvalue weighted by Gasteiger charge is 2.24. The molecule has 2 atom stereocenters. The summed E-state index contributed by atoms with van der Waals surface area (Å²) in [5.74, 6) is 0.638. The van der Waals surface area contributed by atoms with Crippen LogP contribution >= 0.6 is 11.6 Å². The van der Waals surface area contributed by atoms with Gasteiger partial charge in [-0.25, -0.2) is 4.39 Å². The van der Waals surface area contributed by atoms with Crippen molar-refractivity contribution >= 4 is 11.6 Å². The molecule has 1 aromatic carbocycles. The Bertz CT molecular complexity index is 353. The molecule has 0 saturated carbocycles. The van der Waals surface area contributed by atoms with E-state index >= 15 is 0 Å². The Kier molecular flexibility index (Phi) is 3.27. The Morgan fingerprint density at radius 1 is 1.47 bits per heavy atom. The maximum atomic E-state index is 13.7. The molecular formula is C12H15ClFN. The van der Waals surface area contributed by atoms with Crippen LogP contribution in [0.1, 0.15) is 24.8 Å². The number of hydrogen-bond donors (Lipinski definition) is 1. The first-order chi connectivity index (χ1) is 7.18. The Labute approximate surface area is 94.6 Å². The van der Waals surface area contributed by atoms with Crippen LogP contribution in [0.4, 0.5) is 4.39 Å². The highest BCUT2D eigenvalue weighted by molar-refractivity contribution is 6.30. The highest BCUT2D eigenvalue weighted by atomic mass is 35.5. The molecule has 1 aromatic rings. The van der Waals surface area contributed by atoms with Crippen LogP contribution in [0.25, 0.3) is 0 Å². The van der Waals surface area contributed by atoms with E-state index in [0.29, 0.717) is 16.9 Å². The number of benzene rings is 1. The van der Waals surface area contributed by atoms with Crippen LogP contribution in [0.15, 0.2) is 18.2 Å². The molecule has 0 aliphatic carbocycles. The number of nitrogens with one attached hydrogen (secondary N) is 1. The molecular weight excluding hydrogens is 213 g/mol. The molecule has 1 saturated heterocycles. The molecule has 2 rings (SSSR count). The van der Waals surface area contributed by atoms with E-state index in [0.717, 1.165) is 25.1 Å². The van der Waals surface area contributed by atoms with Crippen LogP contribution in [-0.2, 0) is 0 Å². The Morgan fingerprint density at radius 2 is 2.27 bits per heavy atom. The van der Waals surface area contributed by atoms with Crippen molar-refractivity contribution in [2.75, 3.05) is 13.1 Å². The van der Waals surface area contributed by atoms with Gasteiger partial charge in [0.15, 0.2) is 0 Å². The summed E-state index contributed by atoms with van der Waals surface area (Å²) in [5.41, 5.74) is 0.813. The summed E-state index contributed by atoms with van der Waals surface area (Å²) in [6, 6.07) is 5.00. The number of piperidine rings is 1. The standard InChI is InChI=1S/C12H15ClFN/c1-8-7-15-5-4-10(8)11-3-2-9(13)6-12(11)14/h2-3,6,8,10,15H,4-5,7H2,1H3/t8-,10+/m0/s1. The van der Waals surface area contributed by atoms with E-state index in [2.05, 4.69) is 12.2 Å². The van der Waals surface area contributed by atoms with Crippen molar-refractivity contribution in [1.82, 2.24) is 5.32 Å². The SMILES string of the molecule is C[C@H]1CNCC[C@H]1c1ccc(Cl)cc1F. The topological polar surface area (TPSA) is 12.0 Å². The van der Waals surface area contributed by atoms with Gasteiger partial charge in [-0.05, 0) is 49.0 Å². The van der Waals surface area contributed by atoms with Gasteiger partial charge in [-0.15, -0.1) is 0 Å². The molecule has 15 heavy (non-hydrogen) atoms. The molecule has 0 aromatic heterocycles. The van der Waals surface area contributed by atoms with E-state index in [1.165, 1.54) is 6.07 Å². The number of rotatable bonds is 1. The first kappa shape index (κ1) is 10.9. The lowest BCUT2D eigenvalue weighted by atomic mass is 9.82. The molecule has 0 spiro atoms. The summed E-state index contributed by atoms with van der Waals surface area (Å²) in [5, 5.41) is 3.79. The molecule has 1 heterocycles. The summed E-state index contributed by atoms with van der Waals surface area (Å²) in [4.78, 5) is 0. The van der Waals surface area contributed by atoms with Crippen LogP contribution < -0.4 is 5.32 Å². The molecule has 1 N–H and O–H groups in total. The van der Waals surface area contributed by atoms with Crippen LogP contribution in [-0.4, -0.2) is 13.1 Å². The van der Waals surface area contributed by atoms with Gasteiger partial charge in [0.05, 0.1) is 0 Å². The third-order valence-corrected chi connectivity index (χ3v) is 3.38. The van der Waals surface area contributed by atoms with Gasteiger partial charge in [0.1, 0.15) is 5.82 Å². The largest absolute Gasteiger partial charge is 0.316 e. The molecule has 0 unspecified atom stereocenters. The average molecular weight is 228 g/mol. The summed E-state index contributed by atoms with van der Waals surface area (Å²) in [6.07, 6.45) is 1.000. The van der Waals surface area contributed by atoms with Crippen molar-refractivity contribution in [3.05, 3.63) is 34.6 Å². The minimum absolute atomic E-state index is 0.166. The molecule has 1 aliphatic rings. The number of hydrogen-bond acceptors (Lipinski definition) is 1. The Hall–Kier alpha value is -0.600. The lowest BCUT2D eigenvalue weighted by molar-refractivity contribution is 0.341. The second kappa shape index (κ2) is 4.50. The Morgan fingerprint density at radius 3 is 2.93 bits per heavy atom. The van der Waals surface area contributed by atoms with Gasteiger partial charge < -0.3 is 5.32 Å². The molecule has 0 radical (unpaired) electrons. The van der Waals surface area contributed by atoms with Crippen LogP contribution in [0.3, 0.4) is 0 Å². The fourth-order valence-corrected chi connectivity index (χ4v) is 2.44. The van der Waals surface area contributed by atoms with Gasteiger partial charge in [-0.1, -0.05) is 24.6 Å². The molecule has 3 heteroatoms. The van der Waals surface area contributed by atoms with Gasteiger partial charge in [-0.2, -0.15) is 0 Å². The highest BCUT2D eigenvalue weighted by Crippen LogP contribution is 2.32. The van der Waals surface area contributed by atoms with Gasteiger partial charge in [0.2, 0.25) is 0 Å². The fraction of sp³-hybridized carbons (Fsp3) is 0.500. The minimum atomic E-state index is -0.166. The molecule has 0 amide bonds. The predicted molar refractivity (Wildman–Crippen MR) is 60.8 cm³/mol. The van der Waals surface area contributed by atoms with Crippen molar-refractivity contribution < 1.29 is 4.39 Å². The van der Waals surface area contributed by atoms with Crippen LogP contribution in [0.5, 0.6) is 0 Å². The van der Waals surface area contributed by atoms with E-state index < -0.39 is 0 Å². The lowest BCUT2D eigenvalue weighted by Crippen LogP contribution is -2.34. The zero-order valence-corrected chi connectivity index (χ0v) is 9.52. The van der Waals surface area contributed by atoms with Crippen molar-refractivity contribution in [3.63, 3.8) is 0 Å². The summed E-state index contributed by atoms with van der Waals surface area (Å²) in [6.45, 7) is 4.09. The predicted octanol–water partition coefficient (Wildman–Crippen LogP) is 3.19. The molecule has 1 nitrogen and oxygen atoms in total. The van der Waals surface area contributed by atoms with Gasteiger partial charge in [-0.3, -0.25) is 0 Å². The van der Waals surface area contributed by atoms with Gasteiger partial charge in [0, 0.05) is 5.02 Å². The molecule has 1 fully saturated rings. The second-order valence-corrected chi connectivity index (χ2v) is 4.68. The molecule has 82 valence electrons. The van der Waals surface area contributed by atoms with Crippen LogP contribution in [0.2, 0.25) is 5.02 Å². The Balaban J connectivity index is 2.27. The minimum Gasteiger partial charge on any atom is -0.316 e. The van der Waals surface area contributed by atoms with Gasteiger partial charge in [0.25, 0.3) is 0 Å². The van der Waals surface area contributed by atoms with E-state index in [-0.39, 0.29) is 5.82 Å². The monoisotopic (exact) mass is 227 g/mol. The second-order valence-electron chi connectivity index (χ2n) is 4.24. The van der Waals surface area contributed by atoms with Crippen LogP contribution in [0, 0.1) is 11.7 Å². The zero-order valence-electron chi connectivity index (χ0n) is 8.76. The number of halogens is 2. The normalized spacial score (nSPS) is 26.6. The fourth-order valence-electron chi connectivity index (χ4n) is 2.28. The quantitative estimate of drug-likeness (QED) is 0.777. The average Bonchev–Trinajstić information content (AvgIpc) is 2.20. The third-order valence-electron chi connectivity index (χ3n) is 3.15. The zero-order chi connectivity index (χ0) is 10.8. The molecule has 0 bridgehead atoms.